The predicted molar refractivity (Wildman–Crippen MR) is 46.5 cm³/mol. The van der Waals surface area contributed by atoms with Crippen LogP contribution >= 0.6 is 11.8 Å². The Bertz CT molecular complexity index is 119. The van der Waals surface area contributed by atoms with E-state index in [0.29, 0.717) is 0 Å². The lowest BCUT2D eigenvalue weighted by Gasteiger charge is -2.48. The van der Waals surface area contributed by atoms with Gasteiger partial charge in [-0.1, -0.05) is 0 Å². The smallest absolute Gasteiger partial charge is 0.0189 e. The Labute approximate surface area is 67.2 Å². The summed E-state index contributed by atoms with van der Waals surface area (Å²) in [7, 11) is 0. The number of piperidine rings is 1. The van der Waals surface area contributed by atoms with Crippen LogP contribution in [0.25, 0.3) is 0 Å². The van der Waals surface area contributed by atoms with Crippen LogP contribution in [0.5, 0.6) is 0 Å². The third-order valence-electron chi connectivity index (χ3n) is 2.52. The SMILES string of the molecule is CC(C)N1CC2CC(C1)S2. The van der Waals surface area contributed by atoms with E-state index in [2.05, 4.69) is 30.5 Å². The van der Waals surface area contributed by atoms with Crippen molar-refractivity contribution in [2.45, 2.75) is 36.8 Å². The van der Waals surface area contributed by atoms with Crippen molar-refractivity contribution in [1.82, 2.24) is 4.90 Å². The third-order valence-corrected chi connectivity index (χ3v) is 3.97. The summed E-state index contributed by atoms with van der Waals surface area (Å²) in [6.45, 7) is 7.29. The number of nitrogens with zero attached hydrogens (tertiary/aromatic N) is 1. The van der Waals surface area contributed by atoms with E-state index < -0.39 is 0 Å². The zero-order chi connectivity index (χ0) is 7.14. The molecule has 0 radical (unpaired) electrons. The molecule has 1 nitrogen and oxygen atoms in total. The molecule has 2 unspecified atom stereocenters. The lowest BCUT2D eigenvalue weighted by molar-refractivity contribution is 0.180. The van der Waals surface area contributed by atoms with Gasteiger partial charge in [0, 0.05) is 29.6 Å². The molecule has 3 heterocycles. The fourth-order valence-corrected chi connectivity index (χ4v) is 3.24. The molecule has 0 aromatic carbocycles. The molecule has 3 fully saturated rings. The van der Waals surface area contributed by atoms with Crippen LogP contribution in [0.2, 0.25) is 0 Å². The highest BCUT2D eigenvalue weighted by atomic mass is 32.2. The van der Waals surface area contributed by atoms with E-state index in [1.807, 2.05) is 0 Å². The second kappa shape index (κ2) is 2.42. The van der Waals surface area contributed by atoms with Crippen LogP contribution in [0.4, 0.5) is 0 Å². The maximum absolute atomic E-state index is 2.61. The van der Waals surface area contributed by atoms with E-state index in [9.17, 15) is 0 Å². The maximum atomic E-state index is 2.61. The molecule has 58 valence electrons. The molecule has 0 aromatic rings. The Balaban J connectivity index is 1.91. The molecule has 0 amide bonds. The lowest BCUT2D eigenvalue weighted by Crippen LogP contribution is -2.53. The van der Waals surface area contributed by atoms with E-state index in [0.717, 1.165) is 16.5 Å². The van der Waals surface area contributed by atoms with E-state index >= 15 is 0 Å². The van der Waals surface area contributed by atoms with Gasteiger partial charge in [-0.3, -0.25) is 4.90 Å². The van der Waals surface area contributed by atoms with Gasteiger partial charge in [0.05, 0.1) is 0 Å². The fourth-order valence-electron chi connectivity index (χ4n) is 1.81. The molecule has 2 bridgehead atoms. The Morgan fingerprint density at radius 2 is 1.80 bits per heavy atom. The number of fused-ring (bicyclic) bond motifs is 2. The van der Waals surface area contributed by atoms with E-state index in [1.165, 1.54) is 19.5 Å². The normalized spacial score (nSPS) is 39.9. The molecule has 0 aromatic heterocycles. The summed E-state index contributed by atoms with van der Waals surface area (Å²) in [5.41, 5.74) is 0. The number of hydrogen-bond donors (Lipinski definition) is 0. The molecule has 3 saturated heterocycles. The summed E-state index contributed by atoms with van der Waals surface area (Å²) in [4.78, 5) is 2.61. The quantitative estimate of drug-likeness (QED) is 0.568. The van der Waals surface area contributed by atoms with Crippen molar-refractivity contribution in [1.29, 1.82) is 0 Å². The average molecular weight is 157 g/mol. The molecule has 10 heavy (non-hydrogen) atoms. The summed E-state index contributed by atoms with van der Waals surface area (Å²) in [6.07, 6.45) is 1.49. The van der Waals surface area contributed by atoms with Crippen LogP contribution in [0.15, 0.2) is 0 Å². The van der Waals surface area contributed by atoms with Crippen LogP contribution < -0.4 is 0 Å². The first-order valence-corrected chi connectivity index (χ1v) is 5.09. The number of thioether (sulfide) groups is 1. The highest BCUT2D eigenvalue weighted by Gasteiger charge is 2.38. The van der Waals surface area contributed by atoms with Gasteiger partial charge in [0.25, 0.3) is 0 Å². The maximum Gasteiger partial charge on any atom is 0.0189 e. The summed E-state index contributed by atoms with van der Waals surface area (Å²) in [5.74, 6) is 0. The molecular formula is C8H15NS. The minimum Gasteiger partial charge on any atom is -0.299 e. The molecule has 0 aliphatic carbocycles. The molecule has 3 aliphatic rings. The van der Waals surface area contributed by atoms with Crippen molar-refractivity contribution in [2.75, 3.05) is 13.1 Å². The second-order valence-electron chi connectivity index (χ2n) is 3.66. The molecular weight excluding hydrogens is 142 g/mol. The first-order chi connectivity index (χ1) is 4.75. The van der Waals surface area contributed by atoms with E-state index in [4.69, 9.17) is 0 Å². The van der Waals surface area contributed by atoms with Crippen LogP contribution in [0, 0.1) is 0 Å². The van der Waals surface area contributed by atoms with Crippen molar-refractivity contribution in [3.8, 4) is 0 Å². The van der Waals surface area contributed by atoms with E-state index in [-0.39, 0.29) is 0 Å². The molecule has 3 rings (SSSR count). The van der Waals surface area contributed by atoms with Crippen LogP contribution in [-0.2, 0) is 0 Å². The Morgan fingerprint density at radius 3 is 2.10 bits per heavy atom. The van der Waals surface area contributed by atoms with Gasteiger partial charge in [-0.25, -0.2) is 0 Å². The molecule has 0 saturated carbocycles. The molecule has 2 atom stereocenters. The van der Waals surface area contributed by atoms with Gasteiger partial charge < -0.3 is 0 Å². The fraction of sp³-hybridized carbons (Fsp3) is 1.00. The van der Waals surface area contributed by atoms with Crippen molar-refractivity contribution < 1.29 is 0 Å². The highest BCUT2D eigenvalue weighted by molar-refractivity contribution is 8.02. The summed E-state index contributed by atoms with van der Waals surface area (Å²) in [6, 6.07) is 0.770. The largest absolute Gasteiger partial charge is 0.299 e. The zero-order valence-corrected chi connectivity index (χ0v) is 7.53. The van der Waals surface area contributed by atoms with Crippen molar-refractivity contribution in [3.05, 3.63) is 0 Å². The lowest BCUT2D eigenvalue weighted by atomic mass is 10.1. The summed E-state index contributed by atoms with van der Waals surface area (Å²) >= 11 is 2.19. The predicted octanol–water partition coefficient (Wildman–Crippen LogP) is 1.58. The number of hydrogen-bond acceptors (Lipinski definition) is 2. The highest BCUT2D eigenvalue weighted by Crippen LogP contribution is 2.41. The van der Waals surface area contributed by atoms with Gasteiger partial charge in [0.2, 0.25) is 0 Å². The monoisotopic (exact) mass is 157 g/mol. The Kier molecular flexibility index (Phi) is 1.69. The average Bonchev–Trinajstić information content (AvgIpc) is 1.86. The Hall–Kier alpha value is 0.310. The third kappa shape index (κ3) is 1.08. The number of rotatable bonds is 1. The minimum absolute atomic E-state index is 0.770. The first kappa shape index (κ1) is 6.99. The first-order valence-electron chi connectivity index (χ1n) is 4.15. The Morgan fingerprint density at radius 1 is 1.30 bits per heavy atom. The van der Waals surface area contributed by atoms with Gasteiger partial charge in [-0.05, 0) is 20.3 Å². The van der Waals surface area contributed by atoms with Gasteiger partial charge in [0.1, 0.15) is 0 Å². The van der Waals surface area contributed by atoms with Gasteiger partial charge in [-0.15, -0.1) is 0 Å². The van der Waals surface area contributed by atoms with Crippen LogP contribution in [0.1, 0.15) is 20.3 Å². The van der Waals surface area contributed by atoms with Crippen molar-refractivity contribution >= 4 is 11.8 Å². The summed E-state index contributed by atoms with van der Waals surface area (Å²) < 4.78 is 0. The topological polar surface area (TPSA) is 3.24 Å². The van der Waals surface area contributed by atoms with Crippen molar-refractivity contribution in [2.24, 2.45) is 0 Å². The van der Waals surface area contributed by atoms with Gasteiger partial charge in [0.15, 0.2) is 0 Å². The van der Waals surface area contributed by atoms with Crippen LogP contribution in [0.3, 0.4) is 0 Å². The minimum atomic E-state index is 0.770. The van der Waals surface area contributed by atoms with E-state index in [1.54, 1.807) is 0 Å². The molecule has 3 aliphatic heterocycles. The zero-order valence-electron chi connectivity index (χ0n) is 6.71. The second-order valence-corrected chi connectivity index (χ2v) is 5.27. The van der Waals surface area contributed by atoms with Crippen molar-refractivity contribution in [3.63, 3.8) is 0 Å². The van der Waals surface area contributed by atoms with Gasteiger partial charge in [-0.2, -0.15) is 11.8 Å². The standard InChI is InChI=1S/C8H15NS/c1-6(2)9-4-7-3-8(5-9)10-7/h6-8H,3-5H2,1-2H3. The summed E-state index contributed by atoms with van der Waals surface area (Å²) in [5, 5.41) is 1.97. The molecule has 0 N–H and O–H groups in total. The van der Waals surface area contributed by atoms with Crippen LogP contribution in [-0.4, -0.2) is 34.5 Å². The molecule has 0 spiro atoms. The molecule has 2 heteroatoms. The van der Waals surface area contributed by atoms with Gasteiger partial charge >= 0.3 is 0 Å².